The highest BCUT2D eigenvalue weighted by atomic mass is 16.4. The fraction of sp³-hybridized carbons (Fsp3) is 0.609. The fourth-order valence-electron chi connectivity index (χ4n) is 4.99. The molecule has 166 valence electrons. The van der Waals surface area contributed by atoms with Gasteiger partial charge in [0.1, 0.15) is 5.52 Å². The number of fused-ring (bicyclic) bond motifs is 1. The topological polar surface area (TPSA) is 117 Å². The van der Waals surface area contributed by atoms with Gasteiger partial charge >= 0.3 is 0 Å². The Balaban J connectivity index is 1.23. The summed E-state index contributed by atoms with van der Waals surface area (Å²) in [5, 5.41) is 22.8. The molecule has 2 aromatic rings. The van der Waals surface area contributed by atoms with E-state index < -0.39 is 5.97 Å². The van der Waals surface area contributed by atoms with E-state index in [0.29, 0.717) is 48.7 Å². The third-order valence-corrected chi connectivity index (χ3v) is 7.02. The SMILES string of the molecule is O=C([O-])C1CCC(CNC(=O)C2CCC(Cn3nnc4ccccc4c3=O)CC2)CC1. The molecule has 31 heavy (non-hydrogen) atoms. The number of hydrogen-bond donors (Lipinski definition) is 1. The first kappa shape index (κ1) is 21.5. The lowest BCUT2D eigenvalue weighted by molar-refractivity contribution is -0.312. The van der Waals surface area contributed by atoms with Gasteiger partial charge in [0.05, 0.1) is 5.39 Å². The average Bonchev–Trinajstić information content (AvgIpc) is 2.80. The quantitative estimate of drug-likeness (QED) is 0.745. The van der Waals surface area contributed by atoms with E-state index in [1.54, 1.807) is 12.1 Å². The first-order valence-corrected chi connectivity index (χ1v) is 11.3. The van der Waals surface area contributed by atoms with Gasteiger partial charge in [-0.2, -0.15) is 0 Å². The molecule has 2 aliphatic rings. The number of rotatable bonds is 6. The summed E-state index contributed by atoms with van der Waals surface area (Å²) in [5.74, 6) is -0.497. The lowest BCUT2D eigenvalue weighted by Crippen LogP contribution is -2.39. The Hall–Kier alpha value is -2.77. The van der Waals surface area contributed by atoms with Crippen molar-refractivity contribution in [3.05, 3.63) is 34.6 Å². The lowest BCUT2D eigenvalue weighted by atomic mass is 9.80. The Morgan fingerprint density at radius 2 is 1.61 bits per heavy atom. The van der Waals surface area contributed by atoms with Crippen LogP contribution >= 0.6 is 0 Å². The van der Waals surface area contributed by atoms with Crippen LogP contribution in [-0.4, -0.2) is 33.4 Å². The molecule has 1 heterocycles. The molecule has 0 spiro atoms. The predicted octanol–water partition coefficient (Wildman–Crippen LogP) is 1.27. The van der Waals surface area contributed by atoms with Crippen LogP contribution in [0.15, 0.2) is 29.1 Å². The second-order valence-corrected chi connectivity index (χ2v) is 9.09. The van der Waals surface area contributed by atoms with Gasteiger partial charge in [0.2, 0.25) is 5.91 Å². The van der Waals surface area contributed by atoms with Crippen LogP contribution in [0.25, 0.3) is 10.9 Å². The molecule has 8 nitrogen and oxygen atoms in total. The zero-order valence-electron chi connectivity index (χ0n) is 17.7. The minimum Gasteiger partial charge on any atom is -0.550 e. The molecule has 2 saturated carbocycles. The van der Waals surface area contributed by atoms with Gasteiger partial charge in [0.25, 0.3) is 5.56 Å². The third-order valence-electron chi connectivity index (χ3n) is 7.02. The highest BCUT2D eigenvalue weighted by Gasteiger charge is 2.28. The smallest absolute Gasteiger partial charge is 0.277 e. The largest absolute Gasteiger partial charge is 0.550 e. The number of aromatic nitrogens is 3. The van der Waals surface area contributed by atoms with Crippen molar-refractivity contribution in [1.29, 1.82) is 0 Å². The molecule has 4 rings (SSSR count). The second-order valence-electron chi connectivity index (χ2n) is 9.09. The number of carbonyl (C=O) groups excluding carboxylic acids is 2. The lowest BCUT2D eigenvalue weighted by Gasteiger charge is -2.31. The van der Waals surface area contributed by atoms with Gasteiger partial charge in [-0.25, -0.2) is 4.68 Å². The van der Waals surface area contributed by atoms with E-state index in [1.807, 2.05) is 12.1 Å². The molecule has 0 unspecified atom stereocenters. The fourth-order valence-corrected chi connectivity index (χ4v) is 4.99. The Morgan fingerprint density at radius 3 is 2.32 bits per heavy atom. The van der Waals surface area contributed by atoms with Gasteiger partial charge in [-0.05, 0) is 81.3 Å². The first-order chi connectivity index (χ1) is 15.0. The van der Waals surface area contributed by atoms with Crippen molar-refractivity contribution < 1.29 is 14.7 Å². The molecule has 0 saturated heterocycles. The van der Waals surface area contributed by atoms with Crippen molar-refractivity contribution in [2.45, 2.75) is 57.9 Å². The summed E-state index contributed by atoms with van der Waals surface area (Å²) >= 11 is 0. The maximum Gasteiger partial charge on any atom is 0.277 e. The second kappa shape index (κ2) is 9.58. The van der Waals surface area contributed by atoms with E-state index in [4.69, 9.17) is 0 Å². The molecular weight excluding hydrogens is 396 g/mol. The van der Waals surface area contributed by atoms with Crippen LogP contribution in [0.2, 0.25) is 0 Å². The maximum absolute atomic E-state index is 12.6. The number of nitrogens with zero attached hydrogens (tertiary/aromatic N) is 3. The maximum atomic E-state index is 12.6. The van der Waals surface area contributed by atoms with E-state index in [0.717, 1.165) is 38.5 Å². The van der Waals surface area contributed by atoms with Crippen LogP contribution in [0.3, 0.4) is 0 Å². The normalized spacial score (nSPS) is 26.5. The van der Waals surface area contributed by atoms with Crippen LogP contribution in [0.4, 0.5) is 0 Å². The van der Waals surface area contributed by atoms with Crippen LogP contribution in [0, 0.1) is 23.7 Å². The van der Waals surface area contributed by atoms with Crippen LogP contribution in [-0.2, 0) is 16.1 Å². The van der Waals surface area contributed by atoms with Crippen LogP contribution < -0.4 is 16.0 Å². The molecule has 1 amide bonds. The van der Waals surface area contributed by atoms with E-state index in [-0.39, 0.29) is 23.3 Å². The molecule has 0 bridgehead atoms. The number of hydrogen-bond acceptors (Lipinski definition) is 6. The number of aliphatic carboxylic acids is 1. The highest BCUT2D eigenvalue weighted by Crippen LogP contribution is 2.31. The highest BCUT2D eigenvalue weighted by molar-refractivity contribution is 5.78. The Labute approximate surface area is 181 Å². The number of carboxylic acid groups (broad SMARTS) is 1. The van der Waals surface area contributed by atoms with Crippen molar-refractivity contribution in [3.8, 4) is 0 Å². The molecule has 0 atom stereocenters. The van der Waals surface area contributed by atoms with E-state index >= 15 is 0 Å². The Morgan fingerprint density at radius 1 is 0.968 bits per heavy atom. The average molecular weight is 426 g/mol. The minimum atomic E-state index is -0.948. The zero-order valence-corrected chi connectivity index (χ0v) is 17.7. The van der Waals surface area contributed by atoms with Crippen LogP contribution in [0.1, 0.15) is 51.4 Å². The minimum absolute atomic E-state index is 0.00946. The summed E-state index contributed by atoms with van der Waals surface area (Å²) in [6.45, 7) is 1.16. The summed E-state index contributed by atoms with van der Waals surface area (Å²) in [6.07, 6.45) is 6.33. The van der Waals surface area contributed by atoms with Gasteiger partial charge in [0, 0.05) is 25.0 Å². The van der Waals surface area contributed by atoms with Crippen molar-refractivity contribution in [2.75, 3.05) is 6.54 Å². The van der Waals surface area contributed by atoms with Crippen molar-refractivity contribution in [3.63, 3.8) is 0 Å². The summed E-state index contributed by atoms with van der Waals surface area (Å²) in [5.41, 5.74) is 0.496. The summed E-state index contributed by atoms with van der Waals surface area (Å²) in [4.78, 5) is 36.2. The van der Waals surface area contributed by atoms with Gasteiger partial charge in [0.15, 0.2) is 0 Å². The van der Waals surface area contributed by atoms with Gasteiger partial charge in [-0.15, -0.1) is 5.10 Å². The summed E-state index contributed by atoms with van der Waals surface area (Å²) in [7, 11) is 0. The van der Waals surface area contributed by atoms with Crippen molar-refractivity contribution in [2.24, 2.45) is 23.7 Å². The standard InChI is InChI=1S/C23H30N4O4/c28-21(24-13-15-5-11-18(12-6-15)23(30)31)17-9-7-16(8-10-17)14-27-22(29)19-3-1-2-4-20(19)25-26-27/h1-4,15-18H,5-14H2,(H,24,28)(H,30,31)/p-1. The van der Waals surface area contributed by atoms with Gasteiger partial charge in [-0.1, -0.05) is 17.3 Å². The van der Waals surface area contributed by atoms with Crippen molar-refractivity contribution in [1.82, 2.24) is 20.3 Å². The molecule has 0 radical (unpaired) electrons. The molecule has 8 heteroatoms. The molecule has 1 N–H and O–H groups in total. The van der Waals surface area contributed by atoms with Crippen LogP contribution in [0.5, 0.6) is 0 Å². The number of carbonyl (C=O) groups is 2. The Kier molecular flexibility index (Phi) is 6.63. The zero-order chi connectivity index (χ0) is 21.8. The number of nitrogens with one attached hydrogen (secondary N) is 1. The number of amides is 1. The monoisotopic (exact) mass is 425 g/mol. The number of carboxylic acids is 1. The van der Waals surface area contributed by atoms with Gasteiger partial charge < -0.3 is 15.2 Å². The van der Waals surface area contributed by atoms with Crippen molar-refractivity contribution >= 4 is 22.8 Å². The van der Waals surface area contributed by atoms with E-state index in [1.165, 1.54) is 4.68 Å². The molecule has 2 fully saturated rings. The van der Waals surface area contributed by atoms with E-state index in [9.17, 15) is 19.5 Å². The molecule has 0 aliphatic heterocycles. The molecule has 1 aromatic heterocycles. The van der Waals surface area contributed by atoms with E-state index in [2.05, 4.69) is 15.6 Å². The predicted molar refractivity (Wildman–Crippen MR) is 113 cm³/mol. The van der Waals surface area contributed by atoms with Gasteiger partial charge in [-0.3, -0.25) is 9.59 Å². The molecular formula is C23H29N4O4-. The molecule has 1 aromatic carbocycles. The molecule has 2 aliphatic carbocycles. The third kappa shape index (κ3) is 5.11. The number of benzene rings is 1. The first-order valence-electron chi connectivity index (χ1n) is 11.3. The summed E-state index contributed by atoms with van der Waals surface area (Å²) < 4.78 is 1.45. The summed E-state index contributed by atoms with van der Waals surface area (Å²) in [6, 6.07) is 7.22. The Bertz CT molecular complexity index is 988.